The molecule has 37 heavy (non-hydrogen) atoms. The SMILES string of the molecule is CN(Cc1ccccn1)C(=O)N1[C@H]2CC[C@@H]1[C@@H](C(=O)O)N(C(=O)C(c1ccccc1)c1ccccc1)C2. The van der Waals surface area contributed by atoms with E-state index in [0.29, 0.717) is 19.4 Å². The van der Waals surface area contributed by atoms with Gasteiger partial charge >= 0.3 is 12.0 Å². The van der Waals surface area contributed by atoms with Crippen molar-refractivity contribution in [2.75, 3.05) is 13.6 Å². The highest BCUT2D eigenvalue weighted by atomic mass is 16.4. The van der Waals surface area contributed by atoms with Gasteiger partial charge in [0.2, 0.25) is 5.91 Å². The number of aliphatic carboxylic acids is 1. The van der Waals surface area contributed by atoms with Crippen molar-refractivity contribution in [1.82, 2.24) is 19.7 Å². The number of aromatic nitrogens is 1. The molecule has 3 atom stereocenters. The molecule has 190 valence electrons. The van der Waals surface area contributed by atoms with E-state index in [2.05, 4.69) is 4.98 Å². The number of pyridine rings is 1. The van der Waals surface area contributed by atoms with Crippen LogP contribution in [0, 0.1) is 0 Å². The van der Waals surface area contributed by atoms with E-state index in [0.717, 1.165) is 16.8 Å². The fraction of sp³-hybridized carbons (Fsp3) is 0.310. The zero-order chi connectivity index (χ0) is 25.9. The first-order valence-corrected chi connectivity index (χ1v) is 12.5. The van der Waals surface area contributed by atoms with Crippen molar-refractivity contribution in [3.05, 3.63) is 102 Å². The summed E-state index contributed by atoms with van der Waals surface area (Å²) in [7, 11) is 1.70. The molecule has 0 saturated carbocycles. The lowest BCUT2D eigenvalue weighted by molar-refractivity contribution is -0.156. The van der Waals surface area contributed by atoms with Crippen LogP contribution in [0.2, 0.25) is 0 Å². The van der Waals surface area contributed by atoms with Gasteiger partial charge in [0.25, 0.3) is 0 Å². The van der Waals surface area contributed by atoms with Crippen molar-refractivity contribution >= 4 is 17.9 Å². The minimum absolute atomic E-state index is 0.186. The minimum atomic E-state index is -1.12. The maximum absolute atomic E-state index is 14.1. The van der Waals surface area contributed by atoms with Crippen molar-refractivity contribution < 1.29 is 19.5 Å². The van der Waals surface area contributed by atoms with Crippen LogP contribution >= 0.6 is 0 Å². The lowest BCUT2D eigenvalue weighted by atomic mass is 9.88. The van der Waals surface area contributed by atoms with E-state index < -0.39 is 24.0 Å². The van der Waals surface area contributed by atoms with Gasteiger partial charge in [-0.1, -0.05) is 66.7 Å². The number of benzene rings is 2. The van der Waals surface area contributed by atoms with Crippen molar-refractivity contribution in [2.45, 2.75) is 43.4 Å². The number of carboxylic acid groups (broad SMARTS) is 1. The highest BCUT2D eigenvalue weighted by molar-refractivity contribution is 5.92. The monoisotopic (exact) mass is 498 g/mol. The van der Waals surface area contributed by atoms with E-state index in [1.807, 2.05) is 78.9 Å². The molecule has 0 radical (unpaired) electrons. The van der Waals surface area contributed by atoms with Crippen molar-refractivity contribution in [3.63, 3.8) is 0 Å². The van der Waals surface area contributed by atoms with Crippen LogP contribution in [-0.4, -0.2) is 74.4 Å². The third-order valence-electron chi connectivity index (χ3n) is 7.38. The number of fused-ring (bicyclic) bond motifs is 2. The maximum Gasteiger partial charge on any atom is 0.328 e. The molecule has 0 spiro atoms. The summed E-state index contributed by atoms with van der Waals surface area (Å²) < 4.78 is 0. The van der Waals surface area contributed by atoms with Crippen LogP contribution in [-0.2, 0) is 16.1 Å². The van der Waals surface area contributed by atoms with Gasteiger partial charge in [-0.15, -0.1) is 0 Å². The molecule has 8 heteroatoms. The Kier molecular flexibility index (Phi) is 6.90. The van der Waals surface area contributed by atoms with Crippen LogP contribution in [0.25, 0.3) is 0 Å². The van der Waals surface area contributed by atoms with Crippen molar-refractivity contribution in [3.8, 4) is 0 Å². The Morgan fingerprint density at radius 2 is 1.57 bits per heavy atom. The molecule has 2 saturated heterocycles. The second kappa shape index (κ2) is 10.4. The van der Waals surface area contributed by atoms with Crippen LogP contribution in [0.3, 0.4) is 0 Å². The average molecular weight is 499 g/mol. The first-order valence-electron chi connectivity index (χ1n) is 12.5. The first kappa shape index (κ1) is 24.5. The zero-order valence-corrected chi connectivity index (χ0v) is 20.7. The summed E-state index contributed by atoms with van der Waals surface area (Å²) in [4.78, 5) is 49.3. The van der Waals surface area contributed by atoms with Gasteiger partial charge in [-0.25, -0.2) is 9.59 Å². The number of likely N-dealkylation sites (tertiary alicyclic amines) is 1. The normalized spacial score (nSPS) is 20.6. The fourth-order valence-electron chi connectivity index (χ4n) is 5.71. The van der Waals surface area contributed by atoms with E-state index in [9.17, 15) is 19.5 Å². The molecule has 5 rings (SSSR count). The molecule has 8 nitrogen and oxygen atoms in total. The van der Waals surface area contributed by atoms with Gasteiger partial charge in [0, 0.05) is 19.8 Å². The third kappa shape index (κ3) is 4.79. The maximum atomic E-state index is 14.1. The summed E-state index contributed by atoms with van der Waals surface area (Å²) >= 11 is 0. The molecule has 3 heterocycles. The molecule has 2 bridgehead atoms. The van der Waals surface area contributed by atoms with Gasteiger partial charge < -0.3 is 19.8 Å². The van der Waals surface area contributed by atoms with Crippen LogP contribution in [0.4, 0.5) is 4.79 Å². The van der Waals surface area contributed by atoms with Gasteiger partial charge in [-0.05, 0) is 36.1 Å². The molecule has 2 aliphatic heterocycles. The number of nitrogens with zero attached hydrogens (tertiary/aromatic N) is 4. The number of carbonyl (C=O) groups excluding carboxylic acids is 2. The number of hydrogen-bond acceptors (Lipinski definition) is 4. The molecule has 0 aliphatic carbocycles. The summed E-state index contributed by atoms with van der Waals surface area (Å²) in [5.74, 6) is -1.97. The summed E-state index contributed by atoms with van der Waals surface area (Å²) in [5, 5.41) is 10.3. The quantitative estimate of drug-likeness (QED) is 0.561. The number of rotatable bonds is 6. The van der Waals surface area contributed by atoms with Crippen molar-refractivity contribution in [1.29, 1.82) is 0 Å². The lowest BCUT2D eigenvalue weighted by Gasteiger charge is -2.46. The third-order valence-corrected chi connectivity index (χ3v) is 7.38. The van der Waals surface area contributed by atoms with Crippen molar-refractivity contribution in [2.24, 2.45) is 0 Å². The topological polar surface area (TPSA) is 94.1 Å². The molecule has 1 aromatic heterocycles. The molecule has 3 amide bonds. The Morgan fingerprint density at radius 3 is 2.14 bits per heavy atom. The molecule has 0 unspecified atom stereocenters. The summed E-state index contributed by atoms with van der Waals surface area (Å²) in [6, 6.07) is 22.2. The van der Waals surface area contributed by atoms with Gasteiger partial charge in [-0.2, -0.15) is 0 Å². The number of hydrogen-bond donors (Lipinski definition) is 1. The second-order valence-electron chi connectivity index (χ2n) is 9.69. The van der Waals surface area contributed by atoms with Gasteiger partial charge in [-0.3, -0.25) is 9.78 Å². The number of urea groups is 1. The molecule has 2 aromatic carbocycles. The zero-order valence-electron chi connectivity index (χ0n) is 20.7. The Balaban J connectivity index is 1.43. The summed E-state index contributed by atoms with van der Waals surface area (Å²) in [5.41, 5.74) is 2.37. The Hall–Kier alpha value is -4.20. The summed E-state index contributed by atoms with van der Waals surface area (Å²) in [6.45, 7) is 0.506. The van der Waals surface area contributed by atoms with E-state index in [1.54, 1.807) is 23.0 Å². The van der Waals surface area contributed by atoms with Crippen LogP contribution in [0.1, 0.15) is 35.6 Å². The van der Waals surface area contributed by atoms with Crippen LogP contribution in [0.5, 0.6) is 0 Å². The molecular formula is C29H30N4O4. The van der Waals surface area contributed by atoms with Gasteiger partial charge in [0.05, 0.1) is 30.2 Å². The fourth-order valence-corrected chi connectivity index (χ4v) is 5.71. The van der Waals surface area contributed by atoms with Crippen LogP contribution in [0.15, 0.2) is 85.1 Å². The van der Waals surface area contributed by atoms with Gasteiger partial charge in [0.15, 0.2) is 0 Å². The molecular weight excluding hydrogens is 468 g/mol. The number of amides is 3. The number of piperazine rings is 1. The lowest BCUT2D eigenvalue weighted by Crippen LogP contribution is -2.66. The largest absolute Gasteiger partial charge is 0.480 e. The van der Waals surface area contributed by atoms with E-state index in [1.165, 1.54) is 4.90 Å². The Labute approximate surface area is 216 Å². The highest BCUT2D eigenvalue weighted by Crippen LogP contribution is 2.38. The molecule has 2 aliphatic rings. The predicted molar refractivity (Wildman–Crippen MR) is 138 cm³/mol. The number of carboxylic acids is 1. The Bertz CT molecular complexity index is 1220. The van der Waals surface area contributed by atoms with Crippen LogP contribution < -0.4 is 0 Å². The Morgan fingerprint density at radius 1 is 0.946 bits per heavy atom. The van der Waals surface area contributed by atoms with E-state index >= 15 is 0 Å². The molecule has 2 fully saturated rings. The smallest absolute Gasteiger partial charge is 0.328 e. The second-order valence-corrected chi connectivity index (χ2v) is 9.69. The summed E-state index contributed by atoms with van der Waals surface area (Å²) in [6.07, 6.45) is 2.87. The first-order chi connectivity index (χ1) is 18.0. The minimum Gasteiger partial charge on any atom is -0.480 e. The van der Waals surface area contributed by atoms with E-state index in [4.69, 9.17) is 0 Å². The predicted octanol–water partition coefficient (Wildman–Crippen LogP) is 3.59. The number of carbonyl (C=O) groups is 3. The highest BCUT2D eigenvalue weighted by Gasteiger charge is 2.54. The van der Waals surface area contributed by atoms with Gasteiger partial charge in [0.1, 0.15) is 6.04 Å². The average Bonchev–Trinajstić information content (AvgIpc) is 3.22. The standard InChI is InChI=1S/C29H30N4O4/c1-31(18-22-14-8-9-17-30-22)29(37)33-23-15-16-24(33)26(28(35)36)32(19-23)27(34)25(20-10-4-2-5-11-20)21-12-6-3-7-13-21/h2-14,17,23-26H,15-16,18-19H2,1H3,(H,35,36)/t23-,24+,26-/m0/s1. The molecule has 1 N–H and O–H groups in total. The molecule has 3 aromatic rings. The van der Waals surface area contributed by atoms with E-state index in [-0.39, 0.29) is 24.5 Å².